The van der Waals surface area contributed by atoms with Gasteiger partial charge in [-0.05, 0) is 41.8 Å². The molecular formula is C15H19N3. The molecule has 2 heterocycles. The Balaban J connectivity index is 1.75. The van der Waals surface area contributed by atoms with E-state index in [-0.39, 0.29) is 0 Å². The standard InChI is InChI=1S/C15H19N3/c1-17-7-2-3-15(17)11-18-8-6-12-9-14(16)5-4-13(12)10-18/h2-5,7,9H,6,8,10-11,16H2,1H3. The molecule has 0 aliphatic carbocycles. The van der Waals surface area contributed by atoms with Crippen molar-refractivity contribution in [2.45, 2.75) is 19.5 Å². The van der Waals surface area contributed by atoms with Gasteiger partial charge in [-0.2, -0.15) is 0 Å². The SMILES string of the molecule is Cn1cccc1CN1CCc2cc(N)ccc2C1. The Morgan fingerprint density at radius 3 is 2.89 bits per heavy atom. The highest BCUT2D eigenvalue weighted by Crippen LogP contribution is 2.22. The van der Waals surface area contributed by atoms with Crippen molar-refractivity contribution in [2.24, 2.45) is 7.05 Å². The molecule has 0 bridgehead atoms. The number of rotatable bonds is 2. The number of benzene rings is 1. The van der Waals surface area contributed by atoms with E-state index in [0.717, 1.165) is 31.7 Å². The molecule has 94 valence electrons. The van der Waals surface area contributed by atoms with Crippen LogP contribution in [0.25, 0.3) is 0 Å². The lowest BCUT2D eigenvalue weighted by molar-refractivity contribution is 0.240. The van der Waals surface area contributed by atoms with Crippen LogP contribution in [0.3, 0.4) is 0 Å². The molecule has 0 radical (unpaired) electrons. The summed E-state index contributed by atoms with van der Waals surface area (Å²) in [7, 11) is 2.11. The second-order valence-electron chi connectivity index (χ2n) is 5.10. The van der Waals surface area contributed by atoms with Crippen molar-refractivity contribution in [1.29, 1.82) is 0 Å². The number of nitrogens with zero attached hydrogens (tertiary/aromatic N) is 2. The van der Waals surface area contributed by atoms with Gasteiger partial charge in [0.05, 0.1) is 0 Å². The second-order valence-corrected chi connectivity index (χ2v) is 5.10. The molecule has 1 aliphatic heterocycles. The normalized spacial score (nSPS) is 15.6. The van der Waals surface area contributed by atoms with Gasteiger partial charge >= 0.3 is 0 Å². The van der Waals surface area contributed by atoms with Crippen molar-refractivity contribution in [3.63, 3.8) is 0 Å². The topological polar surface area (TPSA) is 34.2 Å². The smallest absolute Gasteiger partial charge is 0.0390 e. The Morgan fingerprint density at radius 1 is 1.22 bits per heavy atom. The Hall–Kier alpha value is -1.74. The molecule has 18 heavy (non-hydrogen) atoms. The van der Waals surface area contributed by atoms with E-state index in [4.69, 9.17) is 5.73 Å². The molecular weight excluding hydrogens is 222 g/mol. The summed E-state index contributed by atoms with van der Waals surface area (Å²) in [6.45, 7) is 3.16. The maximum Gasteiger partial charge on any atom is 0.0390 e. The number of fused-ring (bicyclic) bond motifs is 1. The fraction of sp³-hybridized carbons (Fsp3) is 0.333. The Bertz CT molecular complexity index is 557. The van der Waals surface area contributed by atoms with Gasteiger partial charge in [0.15, 0.2) is 0 Å². The largest absolute Gasteiger partial charge is 0.399 e. The van der Waals surface area contributed by atoms with Crippen molar-refractivity contribution in [3.05, 3.63) is 53.3 Å². The van der Waals surface area contributed by atoms with E-state index in [1.807, 2.05) is 6.07 Å². The van der Waals surface area contributed by atoms with Crippen molar-refractivity contribution >= 4 is 5.69 Å². The number of anilines is 1. The fourth-order valence-corrected chi connectivity index (χ4v) is 2.66. The van der Waals surface area contributed by atoms with Gasteiger partial charge in [-0.3, -0.25) is 4.90 Å². The average Bonchev–Trinajstić information content (AvgIpc) is 2.75. The van der Waals surface area contributed by atoms with E-state index in [1.54, 1.807) is 0 Å². The predicted octanol–water partition coefficient (Wildman–Crippen LogP) is 2.17. The lowest BCUT2D eigenvalue weighted by Gasteiger charge is -2.29. The molecule has 0 amide bonds. The number of aromatic nitrogens is 1. The highest BCUT2D eigenvalue weighted by atomic mass is 15.1. The molecule has 0 saturated heterocycles. The minimum absolute atomic E-state index is 0.879. The van der Waals surface area contributed by atoms with Crippen molar-refractivity contribution in [2.75, 3.05) is 12.3 Å². The van der Waals surface area contributed by atoms with Gasteiger partial charge in [-0.15, -0.1) is 0 Å². The molecule has 0 unspecified atom stereocenters. The van der Waals surface area contributed by atoms with Crippen LogP contribution < -0.4 is 5.73 Å². The quantitative estimate of drug-likeness (QED) is 0.818. The molecule has 1 aliphatic rings. The lowest BCUT2D eigenvalue weighted by atomic mass is 9.99. The Labute approximate surface area is 108 Å². The van der Waals surface area contributed by atoms with E-state index in [9.17, 15) is 0 Å². The Morgan fingerprint density at radius 2 is 2.11 bits per heavy atom. The van der Waals surface area contributed by atoms with Crippen LogP contribution in [0, 0.1) is 0 Å². The van der Waals surface area contributed by atoms with Crippen molar-refractivity contribution in [1.82, 2.24) is 9.47 Å². The van der Waals surface area contributed by atoms with Gasteiger partial charge in [0.1, 0.15) is 0 Å². The van der Waals surface area contributed by atoms with Crippen LogP contribution in [0.4, 0.5) is 5.69 Å². The zero-order valence-corrected chi connectivity index (χ0v) is 10.8. The third-order valence-corrected chi connectivity index (χ3v) is 3.76. The molecule has 0 saturated carbocycles. The van der Waals surface area contributed by atoms with Crippen LogP contribution in [0.5, 0.6) is 0 Å². The molecule has 2 N–H and O–H groups in total. The first-order valence-electron chi connectivity index (χ1n) is 6.42. The second kappa shape index (κ2) is 4.50. The first-order chi connectivity index (χ1) is 8.72. The molecule has 3 rings (SSSR count). The van der Waals surface area contributed by atoms with E-state index in [0.29, 0.717) is 0 Å². The van der Waals surface area contributed by atoms with Gasteiger partial charge in [-0.1, -0.05) is 6.07 Å². The highest BCUT2D eigenvalue weighted by Gasteiger charge is 2.16. The predicted molar refractivity (Wildman–Crippen MR) is 74.1 cm³/mol. The number of hydrogen-bond donors (Lipinski definition) is 1. The summed E-state index contributed by atoms with van der Waals surface area (Å²) < 4.78 is 2.19. The summed E-state index contributed by atoms with van der Waals surface area (Å²) in [6.07, 6.45) is 3.21. The molecule has 3 heteroatoms. The van der Waals surface area contributed by atoms with Gasteiger partial charge in [0.2, 0.25) is 0 Å². The molecule has 0 atom stereocenters. The number of nitrogen functional groups attached to an aromatic ring is 1. The maximum atomic E-state index is 5.83. The van der Waals surface area contributed by atoms with Crippen LogP contribution in [0.15, 0.2) is 36.5 Å². The first-order valence-corrected chi connectivity index (χ1v) is 6.42. The van der Waals surface area contributed by atoms with Crippen LogP contribution in [0.1, 0.15) is 16.8 Å². The van der Waals surface area contributed by atoms with Crippen LogP contribution in [0.2, 0.25) is 0 Å². The van der Waals surface area contributed by atoms with E-state index >= 15 is 0 Å². The molecule has 0 fully saturated rings. The van der Waals surface area contributed by atoms with Gasteiger partial charge < -0.3 is 10.3 Å². The van der Waals surface area contributed by atoms with Gasteiger partial charge in [-0.25, -0.2) is 0 Å². The summed E-state index contributed by atoms with van der Waals surface area (Å²) in [5.74, 6) is 0. The van der Waals surface area contributed by atoms with Crippen molar-refractivity contribution < 1.29 is 0 Å². The van der Waals surface area contributed by atoms with Crippen LogP contribution in [-0.4, -0.2) is 16.0 Å². The summed E-state index contributed by atoms with van der Waals surface area (Å²) in [6, 6.07) is 10.6. The maximum absolute atomic E-state index is 5.83. The number of aryl methyl sites for hydroxylation is 1. The first kappa shape index (κ1) is 11.4. The number of hydrogen-bond acceptors (Lipinski definition) is 2. The minimum atomic E-state index is 0.879. The van der Waals surface area contributed by atoms with Crippen molar-refractivity contribution in [3.8, 4) is 0 Å². The number of nitrogens with two attached hydrogens (primary N) is 1. The minimum Gasteiger partial charge on any atom is -0.399 e. The monoisotopic (exact) mass is 241 g/mol. The van der Waals surface area contributed by atoms with E-state index in [1.165, 1.54) is 16.8 Å². The summed E-state index contributed by atoms with van der Waals surface area (Å²) in [4.78, 5) is 2.49. The molecule has 1 aromatic carbocycles. The zero-order valence-electron chi connectivity index (χ0n) is 10.8. The summed E-state index contributed by atoms with van der Waals surface area (Å²) in [5, 5.41) is 0. The molecule has 1 aromatic heterocycles. The zero-order chi connectivity index (χ0) is 12.5. The summed E-state index contributed by atoms with van der Waals surface area (Å²) in [5.41, 5.74) is 10.9. The van der Waals surface area contributed by atoms with E-state index < -0.39 is 0 Å². The van der Waals surface area contributed by atoms with Crippen LogP contribution >= 0.6 is 0 Å². The average molecular weight is 241 g/mol. The highest BCUT2D eigenvalue weighted by molar-refractivity contribution is 5.45. The van der Waals surface area contributed by atoms with E-state index in [2.05, 4.69) is 47.0 Å². The molecule has 0 spiro atoms. The van der Waals surface area contributed by atoms with Gasteiger partial charge in [0.25, 0.3) is 0 Å². The third kappa shape index (κ3) is 2.14. The third-order valence-electron chi connectivity index (χ3n) is 3.76. The Kier molecular flexibility index (Phi) is 2.84. The fourth-order valence-electron chi connectivity index (χ4n) is 2.66. The lowest BCUT2D eigenvalue weighted by Crippen LogP contribution is -2.30. The van der Waals surface area contributed by atoms with Gasteiger partial charge in [0, 0.05) is 44.3 Å². The van der Waals surface area contributed by atoms with Crippen LogP contribution in [-0.2, 0) is 26.6 Å². The molecule has 3 nitrogen and oxygen atoms in total. The summed E-state index contributed by atoms with van der Waals surface area (Å²) >= 11 is 0. The molecule has 2 aromatic rings.